The van der Waals surface area contributed by atoms with Crippen LogP contribution in [-0.4, -0.2) is 5.97 Å². The van der Waals surface area contributed by atoms with E-state index in [-0.39, 0.29) is 6.42 Å². The fourth-order valence-electron chi connectivity index (χ4n) is 0.885. The molecule has 0 saturated heterocycles. The number of rotatable bonds is 2. The van der Waals surface area contributed by atoms with Crippen LogP contribution in [0.25, 0.3) is 0 Å². The minimum absolute atomic E-state index is 0.0559. The molecule has 0 amide bonds. The normalized spacial score (nSPS) is 9.55. The number of carbonyl (C=O) groups is 1. The first-order chi connectivity index (χ1) is 5.20. The van der Waals surface area contributed by atoms with E-state index in [0.717, 1.165) is 5.56 Å². The van der Waals surface area contributed by atoms with E-state index in [9.17, 15) is 9.90 Å². The first-order valence-electron chi connectivity index (χ1n) is 3.30. The molecule has 56 valence electrons. The minimum Gasteiger partial charge on any atom is -0.247 e. The summed E-state index contributed by atoms with van der Waals surface area (Å²) in [5, 5.41) is 10.2. The summed E-state index contributed by atoms with van der Waals surface area (Å²) in [6.45, 7) is 3.68. The van der Waals surface area contributed by atoms with Crippen molar-refractivity contribution < 1.29 is 9.90 Å². The number of carbonyl (C=O) groups excluding carboxylic acids is 1. The van der Waals surface area contributed by atoms with Crippen LogP contribution in [-0.2, 0) is 16.3 Å². The van der Waals surface area contributed by atoms with Gasteiger partial charge in [-0.25, -0.2) is 9.90 Å². The van der Waals surface area contributed by atoms with Crippen LogP contribution in [0, 0.1) is 6.92 Å². The van der Waals surface area contributed by atoms with Crippen molar-refractivity contribution >= 4 is 5.97 Å². The number of hydrogen-bond donors (Lipinski definition) is 0. The van der Waals surface area contributed by atoms with Crippen LogP contribution in [0.1, 0.15) is 11.1 Å². The van der Waals surface area contributed by atoms with Gasteiger partial charge < -0.3 is 0 Å². The molecule has 2 heteroatoms. The van der Waals surface area contributed by atoms with Gasteiger partial charge in [0.15, 0.2) is 0 Å². The molecule has 2 nitrogen and oxygen atoms in total. The molecule has 2 radical (unpaired) electrons. The molecule has 1 rings (SSSR count). The summed E-state index contributed by atoms with van der Waals surface area (Å²) in [5.74, 6) is -1.07. The van der Waals surface area contributed by atoms with Gasteiger partial charge in [0.05, 0.1) is 6.42 Å². The van der Waals surface area contributed by atoms with Crippen LogP contribution < -0.4 is 0 Å². The monoisotopic (exact) mass is 148 g/mol. The lowest BCUT2D eigenvalue weighted by molar-refractivity contribution is -0.142. The molecule has 0 heterocycles. The largest absolute Gasteiger partial charge is 0.359 e. The lowest BCUT2D eigenvalue weighted by atomic mass is 10.1. The van der Waals surface area contributed by atoms with E-state index in [1.807, 2.05) is 6.07 Å². The van der Waals surface area contributed by atoms with E-state index >= 15 is 0 Å². The first kappa shape index (κ1) is 7.79. The average molecular weight is 148 g/mol. The zero-order valence-corrected chi connectivity index (χ0v) is 6.04. The van der Waals surface area contributed by atoms with Crippen molar-refractivity contribution in [2.45, 2.75) is 6.42 Å². The highest BCUT2D eigenvalue weighted by Crippen LogP contribution is 2.06. The summed E-state index contributed by atoms with van der Waals surface area (Å²) < 4.78 is 0. The van der Waals surface area contributed by atoms with Gasteiger partial charge >= 0.3 is 5.97 Å². The summed E-state index contributed by atoms with van der Waals surface area (Å²) in [6, 6.07) is 7.12. The molecule has 0 aliphatic carbocycles. The third-order valence-electron chi connectivity index (χ3n) is 1.45. The summed E-state index contributed by atoms with van der Waals surface area (Å²) in [5.41, 5.74) is 1.46. The fourth-order valence-corrected chi connectivity index (χ4v) is 0.885. The Morgan fingerprint density at radius 2 is 2.00 bits per heavy atom. The summed E-state index contributed by atoms with van der Waals surface area (Å²) in [4.78, 5) is 10.2. The third-order valence-corrected chi connectivity index (χ3v) is 1.45. The molecule has 0 N–H and O–H groups in total. The second-order valence-corrected chi connectivity index (χ2v) is 2.32. The van der Waals surface area contributed by atoms with E-state index < -0.39 is 5.97 Å². The van der Waals surface area contributed by atoms with Crippen LogP contribution >= 0.6 is 0 Å². The molecule has 0 aromatic heterocycles. The van der Waals surface area contributed by atoms with E-state index in [0.29, 0.717) is 5.56 Å². The molecule has 0 unspecified atom stereocenters. The maximum Gasteiger partial charge on any atom is 0.359 e. The predicted molar refractivity (Wildman–Crippen MR) is 40.3 cm³/mol. The molecule has 0 atom stereocenters. The van der Waals surface area contributed by atoms with Gasteiger partial charge in [0.25, 0.3) is 0 Å². The predicted octanol–water partition coefficient (Wildman–Crippen LogP) is 1.37. The summed E-state index contributed by atoms with van der Waals surface area (Å²) >= 11 is 0. The highest BCUT2D eigenvalue weighted by molar-refractivity contribution is 5.70. The zero-order chi connectivity index (χ0) is 8.27. The number of hydrogen-bond acceptors (Lipinski definition) is 1. The molecule has 1 aromatic carbocycles. The van der Waals surface area contributed by atoms with Gasteiger partial charge in [-0.3, -0.25) is 0 Å². The second kappa shape index (κ2) is 3.19. The van der Waals surface area contributed by atoms with Crippen molar-refractivity contribution in [3.63, 3.8) is 0 Å². The Morgan fingerprint density at radius 3 is 2.55 bits per heavy atom. The molecule has 0 saturated carbocycles. The Kier molecular flexibility index (Phi) is 2.26. The summed E-state index contributed by atoms with van der Waals surface area (Å²) in [6.07, 6.45) is -0.0559. The standard InChI is InChI=1S/C9H8O2/c1-7-4-2-3-5-8(7)6-9(10)11/h2-5H,1,6H2. The first-order valence-corrected chi connectivity index (χ1v) is 3.30. The van der Waals surface area contributed by atoms with E-state index in [4.69, 9.17) is 0 Å². The van der Waals surface area contributed by atoms with E-state index in [2.05, 4.69) is 6.92 Å². The minimum atomic E-state index is -1.07. The van der Waals surface area contributed by atoms with E-state index in [1.54, 1.807) is 18.2 Å². The maximum atomic E-state index is 10.2. The molecule has 0 spiro atoms. The molecule has 1 aromatic rings. The van der Waals surface area contributed by atoms with Gasteiger partial charge in [-0.15, -0.1) is 0 Å². The molecule has 0 bridgehead atoms. The Bertz CT molecular complexity index is 266. The number of benzene rings is 1. The van der Waals surface area contributed by atoms with Gasteiger partial charge in [-0.05, 0) is 18.1 Å². The average Bonchev–Trinajstić information content (AvgIpc) is 1.93. The lowest BCUT2D eigenvalue weighted by Gasteiger charge is -1.98. The third kappa shape index (κ3) is 2.08. The van der Waals surface area contributed by atoms with Crippen molar-refractivity contribution in [1.29, 1.82) is 0 Å². The Balaban J connectivity index is 2.86. The van der Waals surface area contributed by atoms with Gasteiger partial charge in [0.1, 0.15) is 0 Å². The van der Waals surface area contributed by atoms with Crippen LogP contribution in [0.15, 0.2) is 24.3 Å². The fraction of sp³-hybridized carbons (Fsp3) is 0.111. The molecule has 0 aliphatic heterocycles. The smallest absolute Gasteiger partial charge is 0.247 e. The Labute approximate surface area is 65.5 Å². The molecular weight excluding hydrogens is 140 g/mol. The zero-order valence-electron chi connectivity index (χ0n) is 6.04. The van der Waals surface area contributed by atoms with Crippen LogP contribution in [0.4, 0.5) is 0 Å². The van der Waals surface area contributed by atoms with Gasteiger partial charge in [-0.2, -0.15) is 0 Å². The van der Waals surface area contributed by atoms with Gasteiger partial charge in [-0.1, -0.05) is 24.3 Å². The summed E-state index contributed by atoms with van der Waals surface area (Å²) in [7, 11) is 0. The quantitative estimate of drug-likeness (QED) is 0.624. The van der Waals surface area contributed by atoms with Crippen molar-refractivity contribution in [2.75, 3.05) is 0 Å². The van der Waals surface area contributed by atoms with Crippen molar-refractivity contribution in [3.8, 4) is 0 Å². The Hall–Kier alpha value is -1.31. The van der Waals surface area contributed by atoms with Crippen molar-refractivity contribution in [2.24, 2.45) is 0 Å². The highest BCUT2D eigenvalue weighted by Gasteiger charge is 2.03. The highest BCUT2D eigenvalue weighted by atomic mass is 16.4. The van der Waals surface area contributed by atoms with Crippen molar-refractivity contribution in [3.05, 3.63) is 42.3 Å². The maximum absolute atomic E-state index is 10.2. The van der Waals surface area contributed by atoms with Gasteiger partial charge in [0, 0.05) is 0 Å². The van der Waals surface area contributed by atoms with Gasteiger partial charge in [0.2, 0.25) is 0 Å². The van der Waals surface area contributed by atoms with Crippen molar-refractivity contribution in [1.82, 2.24) is 0 Å². The molecular formula is C9H8O2. The van der Waals surface area contributed by atoms with Crippen LogP contribution in [0.3, 0.4) is 0 Å². The lowest BCUT2D eigenvalue weighted by Crippen LogP contribution is -1.99. The molecule has 11 heavy (non-hydrogen) atoms. The topological polar surface area (TPSA) is 37.0 Å². The van der Waals surface area contributed by atoms with E-state index in [1.165, 1.54) is 0 Å². The van der Waals surface area contributed by atoms with Crippen LogP contribution in [0.5, 0.6) is 0 Å². The molecule has 0 aliphatic rings. The SMILES string of the molecule is [CH2]c1ccccc1CC([O])=O. The Morgan fingerprint density at radius 1 is 1.36 bits per heavy atom. The molecule has 0 fully saturated rings. The van der Waals surface area contributed by atoms with Crippen LogP contribution in [0.2, 0.25) is 0 Å². The second-order valence-electron chi connectivity index (χ2n) is 2.32.